The van der Waals surface area contributed by atoms with Crippen LogP contribution in [0.2, 0.25) is 0 Å². The van der Waals surface area contributed by atoms with Crippen molar-refractivity contribution in [3.63, 3.8) is 0 Å². The van der Waals surface area contributed by atoms with Crippen molar-refractivity contribution < 1.29 is 19.2 Å². The van der Waals surface area contributed by atoms with Gasteiger partial charge in [0.2, 0.25) is 0 Å². The van der Waals surface area contributed by atoms with Gasteiger partial charge >= 0.3 is 0 Å². The molecule has 0 heterocycles. The minimum Gasteiger partial charge on any atom is -0.506 e. The van der Waals surface area contributed by atoms with Crippen molar-refractivity contribution in [1.29, 1.82) is 0 Å². The smallest absolute Gasteiger partial charge is 0.271 e. The van der Waals surface area contributed by atoms with E-state index < -0.39 is 16.6 Å². The molecule has 2 N–H and O–H groups in total. The van der Waals surface area contributed by atoms with Crippen LogP contribution in [0.15, 0.2) is 40.9 Å². The number of hydrogen-bond donors (Lipinski definition) is 2. The number of carbonyl (C=O) groups excluding carboxylic acids is 1. The van der Waals surface area contributed by atoms with Crippen molar-refractivity contribution in [3.8, 4) is 5.75 Å². The highest BCUT2D eigenvalue weighted by molar-refractivity contribution is 9.10. The first-order chi connectivity index (χ1) is 9.88. The van der Waals surface area contributed by atoms with Crippen molar-refractivity contribution in [2.75, 3.05) is 5.32 Å². The summed E-state index contributed by atoms with van der Waals surface area (Å²) >= 11 is 3.06. The van der Waals surface area contributed by atoms with Gasteiger partial charge in [-0.1, -0.05) is 15.9 Å². The summed E-state index contributed by atoms with van der Waals surface area (Å²) in [4.78, 5) is 21.9. The number of hydrogen-bond acceptors (Lipinski definition) is 4. The van der Waals surface area contributed by atoms with Crippen molar-refractivity contribution in [2.45, 2.75) is 0 Å². The zero-order valence-electron chi connectivity index (χ0n) is 10.3. The van der Waals surface area contributed by atoms with Crippen LogP contribution in [0, 0.1) is 15.9 Å². The van der Waals surface area contributed by atoms with Gasteiger partial charge in [-0.15, -0.1) is 0 Å². The fraction of sp³-hybridized carbons (Fsp3) is 0. The minimum absolute atomic E-state index is 0.170. The van der Waals surface area contributed by atoms with E-state index in [0.717, 1.165) is 24.3 Å². The SMILES string of the molecule is O=C(Nc1cc([N+](=O)[O-])ccc1O)c1ccc(Br)cc1F. The van der Waals surface area contributed by atoms with Gasteiger partial charge in [0, 0.05) is 16.6 Å². The van der Waals surface area contributed by atoms with Crippen molar-refractivity contribution in [2.24, 2.45) is 0 Å². The number of nitrogens with zero attached hydrogens (tertiary/aromatic N) is 1. The first-order valence-corrected chi connectivity index (χ1v) is 6.41. The second kappa shape index (κ2) is 5.88. The third-order valence-electron chi connectivity index (χ3n) is 2.61. The third kappa shape index (κ3) is 3.34. The molecule has 0 saturated heterocycles. The number of aromatic hydroxyl groups is 1. The summed E-state index contributed by atoms with van der Waals surface area (Å²) in [6.45, 7) is 0. The maximum atomic E-state index is 13.7. The molecule has 0 aliphatic rings. The highest BCUT2D eigenvalue weighted by atomic mass is 79.9. The van der Waals surface area contributed by atoms with E-state index in [1.165, 1.54) is 12.1 Å². The second-order valence-corrected chi connectivity index (χ2v) is 4.95. The van der Waals surface area contributed by atoms with Gasteiger partial charge in [-0.25, -0.2) is 4.39 Å². The molecule has 0 fully saturated rings. The monoisotopic (exact) mass is 354 g/mol. The fourth-order valence-corrected chi connectivity index (χ4v) is 1.93. The number of phenols is 1. The van der Waals surface area contributed by atoms with Gasteiger partial charge < -0.3 is 10.4 Å². The highest BCUT2D eigenvalue weighted by Crippen LogP contribution is 2.28. The van der Waals surface area contributed by atoms with Gasteiger partial charge in [-0.2, -0.15) is 0 Å². The normalized spacial score (nSPS) is 10.2. The van der Waals surface area contributed by atoms with E-state index >= 15 is 0 Å². The van der Waals surface area contributed by atoms with E-state index in [1.54, 1.807) is 0 Å². The Morgan fingerprint density at radius 2 is 2.00 bits per heavy atom. The van der Waals surface area contributed by atoms with Gasteiger partial charge in [0.05, 0.1) is 16.2 Å². The van der Waals surface area contributed by atoms with Gasteiger partial charge in [-0.3, -0.25) is 14.9 Å². The van der Waals surface area contributed by atoms with Crippen molar-refractivity contribution in [1.82, 2.24) is 0 Å². The molecule has 0 unspecified atom stereocenters. The van der Waals surface area contributed by atoms with E-state index in [0.29, 0.717) is 4.47 Å². The van der Waals surface area contributed by atoms with E-state index in [4.69, 9.17) is 0 Å². The predicted octanol–water partition coefficient (Wildman–Crippen LogP) is 3.45. The zero-order chi connectivity index (χ0) is 15.6. The molecule has 2 aromatic rings. The molecule has 0 aliphatic carbocycles. The number of nitrogens with one attached hydrogen (secondary N) is 1. The lowest BCUT2D eigenvalue weighted by Gasteiger charge is -2.08. The molecule has 0 radical (unpaired) electrons. The standard InChI is InChI=1S/C13H8BrFN2O4/c14-7-1-3-9(10(15)5-7)13(19)16-11-6-8(17(20)21)2-4-12(11)18/h1-6,18H,(H,16,19). The Labute approximate surface area is 126 Å². The van der Waals surface area contributed by atoms with Crippen LogP contribution >= 0.6 is 15.9 Å². The van der Waals surface area contributed by atoms with E-state index in [1.807, 2.05) is 0 Å². The highest BCUT2D eigenvalue weighted by Gasteiger charge is 2.16. The average Bonchev–Trinajstić information content (AvgIpc) is 2.40. The lowest BCUT2D eigenvalue weighted by Crippen LogP contribution is -2.14. The molecule has 0 aromatic heterocycles. The quantitative estimate of drug-likeness (QED) is 0.501. The molecule has 0 aliphatic heterocycles. The summed E-state index contributed by atoms with van der Waals surface area (Å²) < 4.78 is 14.1. The number of nitro benzene ring substituents is 1. The van der Waals surface area contributed by atoms with Gasteiger partial charge in [0.25, 0.3) is 11.6 Å². The number of carbonyl (C=O) groups is 1. The zero-order valence-corrected chi connectivity index (χ0v) is 11.9. The Balaban J connectivity index is 2.31. The molecule has 1 amide bonds. The van der Waals surface area contributed by atoms with Crippen LogP contribution in [-0.2, 0) is 0 Å². The third-order valence-corrected chi connectivity index (χ3v) is 3.11. The summed E-state index contributed by atoms with van der Waals surface area (Å²) in [6, 6.07) is 7.00. The van der Waals surface area contributed by atoms with Crippen LogP contribution < -0.4 is 5.32 Å². The van der Waals surface area contributed by atoms with Crippen LogP contribution in [-0.4, -0.2) is 15.9 Å². The fourth-order valence-electron chi connectivity index (χ4n) is 1.60. The van der Waals surface area contributed by atoms with Crippen molar-refractivity contribution >= 4 is 33.2 Å². The lowest BCUT2D eigenvalue weighted by molar-refractivity contribution is -0.384. The maximum Gasteiger partial charge on any atom is 0.271 e. The van der Waals surface area contributed by atoms with Crippen LogP contribution in [0.25, 0.3) is 0 Å². The molecular weight excluding hydrogens is 347 g/mol. The number of anilines is 1. The Kier molecular flexibility index (Phi) is 4.18. The van der Waals surface area contributed by atoms with E-state index in [-0.39, 0.29) is 22.7 Å². The largest absolute Gasteiger partial charge is 0.506 e. The van der Waals surface area contributed by atoms with Crippen LogP contribution in [0.1, 0.15) is 10.4 Å². The molecule has 21 heavy (non-hydrogen) atoms. The number of phenolic OH excluding ortho intramolecular Hbond substituents is 1. The number of halogens is 2. The second-order valence-electron chi connectivity index (χ2n) is 4.04. The van der Waals surface area contributed by atoms with Crippen molar-refractivity contribution in [3.05, 3.63) is 62.4 Å². The molecule has 2 aromatic carbocycles. The molecule has 0 bridgehead atoms. The molecular formula is C13H8BrFN2O4. The predicted molar refractivity (Wildman–Crippen MR) is 76.8 cm³/mol. The number of non-ortho nitro benzene ring substituents is 1. The number of rotatable bonds is 3. The Morgan fingerprint density at radius 1 is 1.29 bits per heavy atom. The summed E-state index contributed by atoms with van der Waals surface area (Å²) in [7, 11) is 0. The maximum absolute atomic E-state index is 13.7. The molecule has 0 saturated carbocycles. The van der Waals surface area contributed by atoms with Crippen LogP contribution in [0.4, 0.5) is 15.8 Å². The summed E-state index contributed by atoms with van der Waals surface area (Å²) in [5.74, 6) is -1.94. The molecule has 2 rings (SSSR count). The average molecular weight is 355 g/mol. The van der Waals surface area contributed by atoms with Gasteiger partial charge in [-0.05, 0) is 24.3 Å². The molecule has 108 valence electrons. The first-order valence-electron chi connectivity index (χ1n) is 5.62. The number of nitro groups is 1. The molecule has 8 heteroatoms. The Bertz CT molecular complexity index is 736. The molecule has 0 atom stereocenters. The Hall–Kier alpha value is -2.48. The van der Waals surface area contributed by atoms with E-state index in [9.17, 15) is 24.4 Å². The van der Waals surface area contributed by atoms with Crippen LogP contribution in [0.3, 0.4) is 0 Å². The number of amides is 1. The van der Waals surface area contributed by atoms with E-state index in [2.05, 4.69) is 21.2 Å². The van der Waals surface area contributed by atoms with Gasteiger partial charge in [0.1, 0.15) is 11.6 Å². The lowest BCUT2D eigenvalue weighted by atomic mass is 10.2. The summed E-state index contributed by atoms with van der Waals surface area (Å²) in [5.41, 5.74) is -0.722. The minimum atomic E-state index is -0.823. The van der Waals surface area contributed by atoms with Crippen LogP contribution in [0.5, 0.6) is 5.75 Å². The molecule has 0 spiro atoms. The topological polar surface area (TPSA) is 92.5 Å². The Morgan fingerprint density at radius 3 is 2.62 bits per heavy atom. The van der Waals surface area contributed by atoms with Gasteiger partial charge in [0.15, 0.2) is 0 Å². The first kappa shape index (κ1) is 14.9. The molecule has 6 nitrogen and oxygen atoms in total. The summed E-state index contributed by atoms with van der Waals surface area (Å²) in [5, 5.41) is 22.5. The number of benzene rings is 2. The summed E-state index contributed by atoms with van der Waals surface area (Å²) in [6.07, 6.45) is 0.